The molecule has 0 heterocycles. The van der Waals surface area contributed by atoms with Gasteiger partial charge in [-0.3, -0.25) is 0 Å². The van der Waals surface area contributed by atoms with Gasteiger partial charge in [-0.1, -0.05) is 79.9 Å². The van der Waals surface area contributed by atoms with Gasteiger partial charge in [0.1, 0.15) is 0 Å². The third-order valence-electron chi connectivity index (χ3n) is 3.85. The fraction of sp³-hybridized carbons (Fsp3) is 0.667. The van der Waals surface area contributed by atoms with Crippen molar-refractivity contribution in [3.8, 4) is 0 Å². The molecular weight excluding hydrogens is 310 g/mol. The molecular formula is C18H30BrN. The SMILES string of the molecule is CCCCCCCCCCN[C@H](C)c1ccc(Br)cc1. The molecule has 0 unspecified atom stereocenters. The second-order valence-corrected chi connectivity index (χ2v) is 6.62. The normalized spacial score (nSPS) is 12.6. The lowest BCUT2D eigenvalue weighted by Crippen LogP contribution is -2.19. The van der Waals surface area contributed by atoms with E-state index in [1.54, 1.807) is 0 Å². The molecule has 0 aliphatic heterocycles. The Bertz CT molecular complexity index is 334. The van der Waals surface area contributed by atoms with Crippen molar-refractivity contribution in [3.05, 3.63) is 34.3 Å². The first-order chi connectivity index (χ1) is 9.74. The zero-order chi connectivity index (χ0) is 14.6. The predicted octanol–water partition coefficient (Wildman–Crippen LogP) is 6.24. The van der Waals surface area contributed by atoms with Crippen molar-refractivity contribution in [2.24, 2.45) is 0 Å². The molecule has 0 spiro atoms. The van der Waals surface area contributed by atoms with Gasteiger partial charge in [-0.05, 0) is 37.6 Å². The molecule has 20 heavy (non-hydrogen) atoms. The molecule has 0 aliphatic carbocycles. The Morgan fingerprint density at radius 1 is 0.900 bits per heavy atom. The highest BCUT2D eigenvalue weighted by molar-refractivity contribution is 9.10. The largest absolute Gasteiger partial charge is 0.310 e. The molecule has 0 aromatic heterocycles. The molecule has 0 fully saturated rings. The molecule has 1 nitrogen and oxygen atoms in total. The number of halogens is 1. The Hall–Kier alpha value is -0.340. The van der Waals surface area contributed by atoms with Crippen LogP contribution in [0.1, 0.15) is 76.8 Å². The molecule has 0 saturated heterocycles. The quantitative estimate of drug-likeness (QED) is 0.470. The molecule has 114 valence electrons. The van der Waals surface area contributed by atoms with Crippen molar-refractivity contribution in [1.29, 1.82) is 0 Å². The summed E-state index contributed by atoms with van der Waals surface area (Å²) in [6.45, 7) is 5.65. The second-order valence-electron chi connectivity index (χ2n) is 5.70. The zero-order valence-electron chi connectivity index (χ0n) is 13.1. The first kappa shape index (κ1) is 17.7. The Labute approximate surface area is 133 Å². The van der Waals surface area contributed by atoms with Gasteiger partial charge in [-0.2, -0.15) is 0 Å². The van der Waals surface area contributed by atoms with Crippen LogP contribution in [0, 0.1) is 0 Å². The lowest BCUT2D eigenvalue weighted by Gasteiger charge is -2.14. The highest BCUT2D eigenvalue weighted by Crippen LogP contribution is 2.16. The first-order valence-corrected chi connectivity index (χ1v) is 9.02. The number of benzene rings is 1. The van der Waals surface area contributed by atoms with E-state index in [0.29, 0.717) is 6.04 Å². The van der Waals surface area contributed by atoms with E-state index in [2.05, 4.69) is 59.4 Å². The number of hydrogen-bond acceptors (Lipinski definition) is 1. The lowest BCUT2D eigenvalue weighted by molar-refractivity contribution is 0.521. The molecule has 1 N–H and O–H groups in total. The smallest absolute Gasteiger partial charge is 0.0291 e. The summed E-state index contributed by atoms with van der Waals surface area (Å²) >= 11 is 3.48. The van der Waals surface area contributed by atoms with Gasteiger partial charge in [0, 0.05) is 10.5 Å². The van der Waals surface area contributed by atoms with Gasteiger partial charge in [0.25, 0.3) is 0 Å². The van der Waals surface area contributed by atoms with Crippen molar-refractivity contribution in [3.63, 3.8) is 0 Å². The zero-order valence-corrected chi connectivity index (χ0v) is 14.7. The maximum absolute atomic E-state index is 3.61. The molecule has 1 aromatic rings. The maximum Gasteiger partial charge on any atom is 0.0291 e. The molecule has 1 rings (SSSR count). The number of hydrogen-bond donors (Lipinski definition) is 1. The van der Waals surface area contributed by atoms with Gasteiger partial charge < -0.3 is 5.32 Å². The van der Waals surface area contributed by atoms with Crippen LogP contribution in [-0.4, -0.2) is 6.54 Å². The van der Waals surface area contributed by atoms with E-state index >= 15 is 0 Å². The van der Waals surface area contributed by atoms with Crippen LogP contribution in [0.3, 0.4) is 0 Å². The van der Waals surface area contributed by atoms with Crippen LogP contribution in [0.15, 0.2) is 28.7 Å². The third kappa shape index (κ3) is 8.06. The minimum absolute atomic E-state index is 0.452. The minimum atomic E-state index is 0.452. The average Bonchev–Trinajstić information content (AvgIpc) is 2.46. The van der Waals surface area contributed by atoms with Gasteiger partial charge in [0.15, 0.2) is 0 Å². The molecule has 0 aliphatic rings. The molecule has 0 radical (unpaired) electrons. The van der Waals surface area contributed by atoms with E-state index in [0.717, 1.165) is 11.0 Å². The van der Waals surface area contributed by atoms with Crippen LogP contribution < -0.4 is 5.32 Å². The summed E-state index contributed by atoms with van der Waals surface area (Å²) in [7, 11) is 0. The van der Waals surface area contributed by atoms with Gasteiger partial charge in [-0.15, -0.1) is 0 Å². The average molecular weight is 340 g/mol. The van der Waals surface area contributed by atoms with Crippen molar-refractivity contribution >= 4 is 15.9 Å². The fourth-order valence-electron chi connectivity index (χ4n) is 2.45. The van der Waals surface area contributed by atoms with Crippen molar-refractivity contribution in [2.45, 2.75) is 71.3 Å². The summed E-state index contributed by atoms with van der Waals surface area (Å²) in [5, 5.41) is 3.61. The molecule has 0 bridgehead atoms. The Balaban J connectivity index is 1.99. The van der Waals surface area contributed by atoms with Gasteiger partial charge in [0.2, 0.25) is 0 Å². The Kier molecular flexibility index (Phi) is 10.0. The summed E-state index contributed by atoms with van der Waals surface area (Å²) in [6, 6.07) is 9.06. The van der Waals surface area contributed by atoms with E-state index in [1.807, 2.05) is 0 Å². The van der Waals surface area contributed by atoms with Crippen LogP contribution in [-0.2, 0) is 0 Å². The standard InChI is InChI=1S/C18H30BrN/c1-3-4-5-6-7-8-9-10-15-20-16(2)17-11-13-18(19)14-12-17/h11-14,16,20H,3-10,15H2,1-2H3/t16-/m1/s1. The van der Waals surface area contributed by atoms with Crippen molar-refractivity contribution in [1.82, 2.24) is 5.32 Å². The highest BCUT2D eigenvalue weighted by Gasteiger charge is 2.03. The number of unbranched alkanes of at least 4 members (excludes halogenated alkanes) is 7. The van der Waals surface area contributed by atoms with Gasteiger partial charge in [-0.25, -0.2) is 0 Å². The number of rotatable bonds is 11. The topological polar surface area (TPSA) is 12.0 Å². The Morgan fingerprint density at radius 3 is 2.05 bits per heavy atom. The van der Waals surface area contributed by atoms with Crippen molar-refractivity contribution < 1.29 is 0 Å². The van der Waals surface area contributed by atoms with Crippen LogP contribution in [0.2, 0.25) is 0 Å². The molecule has 1 aromatic carbocycles. The fourth-order valence-corrected chi connectivity index (χ4v) is 2.71. The monoisotopic (exact) mass is 339 g/mol. The van der Waals surface area contributed by atoms with Crippen molar-refractivity contribution in [2.75, 3.05) is 6.54 Å². The third-order valence-corrected chi connectivity index (χ3v) is 4.38. The van der Waals surface area contributed by atoms with E-state index in [1.165, 1.54) is 56.9 Å². The van der Waals surface area contributed by atoms with E-state index in [9.17, 15) is 0 Å². The Morgan fingerprint density at radius 2 is 1.45 bits per heavy atom. The summed E-state index contributed by atoms with van der Waals surface area (Å²) < 4.78 is 1.15. The summed E-state index contributed by atoms with van der Waals surface area (Å²) in [5.41, 5.74) is 1.37. The van der Waals surface area contributed by atoms with Crippen LogP contribution in [0.25, 0.3) is 0 Å². The van der Waals surface area contributed by atoms with E-state index in [4.69, 9.17) is 0 Å². The van der Waals surface area contributed by atoms with Crippen LogP contribution in [0.5, 0.6) is 0 Å². The summed E-state index contributed by atoms with van der Waals surface area (Å²) in [5.74, 6) is 0. The first-order valence-electron chi connectivity index (χ1n) is 8.23. The summed E-state index contributed by atoms with van der Waals surface area (Å²) in [4.78, 5) is 0. The lowest BCUT2D eigenvalue weighted by atomic mass is 10.1. The minimum Gasteiger partial charge on any atom is -0.310 e. The maximum atomic E-state index is 3.61. The van der Waals surface area contributed by atoms with Gasteiger partial charge >= 0.3 is 0 Å². The van der Waals surface area contributed by atoms with Crippen LogP contribution >= 0.6 is 15.9 Å². The molecule has 0 saturated carbocycles. The summed E-state index contributed by atoms with van der Waals surface area (Å²) in [6.07, 6.45) is 11.1. The molecule has 1 atom stereocenters. The molecule has 2 heteroatoms. The molecule has 0 amide bonds. The van der Waals surface area contributed by atoms with Gasteiger partial charge in [0.05, 0.1) is 0 Å². The van der Waals surface area contributed by atoms with E-state index < -0.39 is 0 Å². The van der Waals surface area contributed by atoms with E-state index in [-0.39, 0.29) is 0 Å². The van der Waals surface area contributed by atoms with Crippen LogP contribution in [0.4, 0.5) is 0 Å². The second kappa shape index (κ2) is 11.3. The predicted molar refractivity (Wildman–Crippen MR) is 93.2 cm³/mol. The number of nitrogens with one attached hydrogen (secondary N) is 1. The highest BCUT2D eigenvalue weighted by atomic mass is 79.9.